The molecule has 0 atom stereocenters. The number of aromatic nitrogens is 2. The van der Waals surface area contributed by atoms with Gasteiger partial charge >= 0.3 is 0 Å². The van der Waals surface area contributed by atoms with Crippen LogP contribution in [0.5, 0.6) is 5.75 Å². The summed E-state index contributed by atoms with van der Waals surface area (Å²) in [5.41, 5.74) is 10.6. The SMILES string of the molecule is COc1cccc(-c2nn(-c3ccc(C(N)=O)c(NC4CCCCC4)c3)c3c2C(=O)CC(C)(C)C3)c1. The summed E-state index contributed by atoms with van der Waals surface area (Å²) < 4.78 is 7.30. The zero-order valence-electron chi connectivity index (χ0n) is 21.3. The molecule has 1 amide bonds. The van der Waals surface area contributed by atoms with Crippen molar-refractivity contribution in [3.63, 3.8) is 0 Å². The van der Waals surface area contributed by atoms with Gasteiger partial charge in [0.15, 0.2) is 5.78 Å². The molecular formula is C29H34N4O3. The van der Waals surface area contributed by atoms with E-state index >= 15 is 0 Å². The predicted octanol–water partition coefficient (Wildman–Crippen LogP) is 5.55. The molecule has 188 valence electrons. The minimum atomic E-state index is -0.462. The third-order valence-electron chi connectivity index (χ3n) is 7.37. The molecule has 1 aromatic heterocycles. The van der Waals surface area contributed by atoms with Crippen LogP contribution < -0.4 is 15.8 Å². The second kappa shape index (κ2) is 9.45. The number of carbonyl (C=O) groups is 2. The van der Waals surface area contributed by atoms with Crippen LogP contribution in [0.3, 0.4) is 0 Å². The number of benzene rings is 2. The first-order valence-corrected chi connectivity index (χ1v) is 12.8. The molecule has 0 saturated heterocycles. The second-order valence-electron chi connectivity index (χ2n) is 10.8. The molecule has 2 aliphatic carbocycles. The van der Waals surface area contributed by atoms with E-state index in [1.807, 2.05) is 41.1 Å². The quantitative estimate of drug-likeness (QED) is 0.476. The molecule has 7 heteroatoms. The van der Waals surface area contributed by atoms with E-state index in [0.717, 1.165) is 35.5 Å². The molecule has 5 rings (SSSR count). The van der Waals surface area contributed by atoms with Gasteiger partial charge in [0.05, 0.1) is 29.6 Å². The van der Waals surface area contributed by atoms with Gasteiger partial charge in [0, 0.05) is 23.7 Å². The van der Waals surface area contributed by atoms with Gasteiger partial charge in [-0.3, -0.25) is 9.59 Å². The molecule has 2 aromatic carbocycles. The number of rotatable bonds is 6. The maximum Gasteiger partial charge on any atom is 0.250 e. The third-order valence-corrected chi connectivity index (χ3v) is 7.37. The number of hydrogen-bond donors (Lipinski definition) is 2. The molecule has 1 fully saturated rings. The summed E-state index contributed by atoms with van der Waals surface area (Å²) in [6.45, 7) is 4.23. The second-order valence-corrected chi connectivity index (χ2v) is 10.8. The summed E-state index contributed by atoms with van der Waals surface area (Å²) in [6.07, 6.45) is 6.93. The molecule has 7 nitrogen and oxygen atoms in total. The van der Waals surface area contributed by atoms with Gasteiger partial charge in [-0.2, -0.15) is 5.10 Å². The first-order valence-electron chi connectivity index (χ1n) is 12.8. The highest BCUT2D eigenvalue weighted by molar-refractivity contribution is 6.04. The van der Waals surface area contributed by atoms with Crippen molar-refractivity contribution >= 4 is 17.4 Å². The largest absolute Gasteiger partial charge is 0.497 e. The maximum atomic E-state index is 13.4. The fraction of sp³-hybridized carbons (Fsp3) is 0.414. The number of fused-ring (bicyclic) bond motifs is 1. The van der Waals surface area contributed by atoms with Crippen molar-refractivity contribution in [2.24, 2.45) is 11.1 Å². The number of methoxy groups -OCH3 is 1. The van der Waals surface area contributed by atoms with E-state index in [1.54, 1.807) is 13.2 Å². The van der Waals surface area contributed by atoms with Crippen molar-refractivity contribution in [1.82, 2.24) is 9.78 Å². The molecular weight excluding hydrogens is 452 g/mol. The van der Waals surface area contributed by atoms with Crippen molar-refractivity contribution in [1.29, 1.82) is 0 Å². The Labute approximate surface area is 212 Å². The highest BCUT2D eigenvalue weighted by atomic mass is 16.5. The van der Waals surface area contributed by atoms with Gasteiger partial charge < -0.3 is 15.8 Å². The molecule has 0 spiro atoms. The molecule has 0 radical (unpaired) electrons. The van der Waals surface area contributed by atoms with Crippen LogP contribution >= 0.6 is 0 Å². The van der Waals surface area contributed by atoms with Gasteiger partial charge in [0.25, 0.3) is 5.91 Å². The Morgan fingerprint density at radius 3 is 2.61 bits per heavy atom. The zero-order chi connectivity index (χ0) is 25.4. The van der Waals surface area contributed by atoms with Crippen LogP contribution in [0.4, 0.5) is 5.69 Å². The molecule has 36 heavy (non-hydrogen) atoms. The standard InChI is InChI=1S/C29H34N4O3/c1-29(2)16-24-26(25(34)17-29)27(18-8-7-11-21(14-18)36-3)32-33(24)20-12-13-22(28(30)35)23(15-20)31-19-9-5-4-6-10-19/h7-8,11-15,19,31H,4-6,9-10,16-17H2,1-3H3,(H2,30,35). The van der Waals surface area contributed by atoms with E-state index in [1.165, 1.54) is 19.3 Å². The average molecular weight is 487 g/mol. The number of amides is 1. The number of carbonyl (C=O) groups excluding carboxylic acids is 2. The Bertz CT molecular complexity index is 1320. The summed E-state index contributed by atoms with van der Waals surface area (Å²) in [5.74, 6) is 0.347. The zero-order valence-corrected chi connectivity index (χ0v) is 21.3. The van der Waals surface area contributed by atoms with Gasteiger partial charge in [0.2, 0.25) is 0 Å². The van der Waals surface area contributed by atoms with E-state index in [9.17, 15) is 9.59 Å². The predicted molar refractivity (Wildman–Crippen MR) is 141 cm³/mol. The summed E-state index contributed by atoms with van der Waals surface area (Å²) in [4.78, 5) is 25.6. The Balaban J connectivity index is 1.65. The number of primary amides is 1. The summed E-state index contributed by atoms with van der Waals surface area (Å²) in [7, 11) is 1.63. The number of hydrogen-bond acceptors (Lipinski definition) is 5. The number of nitrogens with zero attached hydrogens (tertiary/aromatic N) is 2. The van der Waals surface area contributed by atoms with E-state index in [-0.39, 0.29) is 11.2 Å². The van der Waals surface area contributed by atoms with E-state index < -0.39 is 5.91 Å². The summed E-state index contributed by atoms with van der Waals surface area (Å²) in [6, 6.07) is 13.5. The van der Waals surface area contributed by atoms with Crippen LogP contribution in [-0.2, 0) is 6.42 Å². The van der Waals surface area contributed by atoms with Gasteiger partial charge in [-0.1, -0.05) is 45.2 Å². The lowest BCUT2D eigenvalue weighted by atomic mass is 9.75. The molecule has 0 unspecified atom stereocenters. The van der Waals surface area contributed by atoms with Gasteiger partial charge in [-0.15, -0.1) is 0 Å². The topological polar surface area (TPSA) is 99.2 Å². The first kappa shape index (κ1) is 24.1. The Kier molecular flexibility index (Phi) is 6.33. The Morgan fingerprint density at radius 2 is 1.89 bits per heavy atom. The summed E-state index contributed by atoms with van der Waals surface area (Å²) in [5, 5.41) is 8.56. The lowest BCUT2D eigenvalue weighted by molar-refractivity contribution is 0.0910. The minimum absolute atomic E-state index is 0.0969. The number of nitrogens with two attached hydrogens (primary N) is 1. The van der Waals surface area contributed by atoms with Crippen molar-refractivity contribution < 1.29 is 14.3 Å². The van der Waals surface area contributed by atoms with Crippen molar-refractivity contribution in [2.75, 3.05) is 12.4 Å². The van der Waals surface area contributed by atoms with Crippen molar-refractivity contribution in [2.45, 2.75) is 64.8 Å². The van der Waals surface area contributed by atoms with Crippen LogP contribution in [0.2, 0.25) is 0 Å². The first-order chi connectivity index (χ1) is 17.3. The molecule has 1 heterocycles. The van der Waals surface area contributed by atoms with E-state index in [2.05, 4.69) is 19.2 Å². The Hall–Kier alpha value is -3.61. The highest BCUT2D eigenvalue weighted by Gasteiger charge is 2.37. The average Bonchev–Trinajstić information content (AvgIpc) is 3.23. The van der Waals surface area contributed by atoms with Gasteiger partial charge in [0.1, 0.15) is 11.4 Å². The number of anilines is 1. The van der Waals surface area contributed by atoms with Crippen LogP contribution in [-0.4, -0.2) is 34.6 Å². The van der Waals surface area contributed by atoms with Gasteiger partial charge in [-0.05, 0) is 55.0 Å². The van der Waals surface area contributed by atoms with Crippen LogP contribution in [0.25, 0.3) is 16.9 Å². The van der Waals surface area contributed by atoms with Crippen LogP contribution in [0.15, 0.2) is 42.5 Å². The van der Waals surface area contributed by atoms with Gasteiger partial charge in [-0.25, -0.2) is 4.68 Å². The molecule has 2 aliphatic rings. The smallest absolute Gasteiger partial charge is 0.250 e. The number of ether oxygens (including phenoxy) is 1. The lowest BCUT2D eigenvalue weighted by Crippen LogP contribution is -2.28. The fourth-order valence-corrected chi connectivity index (χ4v) is 5.60. The summed E-state index contributed by atoms with van der Waals surface area (Å²) >= 11 is 0. The number of Topliss-reactive ketones (excluding diaryl/α,β-unsaturated/α-hetero) is 1. The third kappa shape index (κ3) is 4.62. The Morgan fingerprint density at radius 1 is 1.11 bits per heavy atom. The highest BCUT2D eigenvalue weighted by Crippen LogP contribution is 2.41. The van der Waals surface area contributed by atoms with E-state index in [4.69, 9.17) is 15.6 Å². The molecule has 0 aliphatic heterocycles. The van der Waals surface area contributed by atoms with Crippen molar-refractivity contribution in [3.05, 3.63) is 59.3 Å². The van der Waals surface area contributed by atoms with Crippen molar-refractivity contribution in [3.8, 4) is 22.7 Å². The lowest BCUT2D eigenvalue weighted by Gasteiger charge is -2.29. The normalized spacial score (nSPS) is 17.5. The number of nitrogens with one attached hydrogen (secondary N) is 1. The van der Waals surface area contributed by atoms with E-state index in [0.29, 0.717) is 41.5 Å². The maximum absolute atomic E-state index is 13.4. The molecule has 1 saturated carbocycles. The van der Waals surface area contributed by atoms with Crippen LogP contribution in [0, 0.1) is 5.41 Å². The molecule has 0 bridgehead atoms. The number of ketones is 1. The van der Waals surface area contributed by atoms with Crippen LogP contribution in [0.1, 0.15) is 78.8 Å². The minimum Gasteiger partial charge on any atom is -0.497 e. The fourth-order valence-electron chi connectivity index (χ4n) is 5.60. The molecule has 3 N–H and O–H groups in total. The molecule has 3 aromatic rings. The monoisotopic (exact) mass is 486 g/mol.